The lowest BCUT2D eigenvalue weighted by Crippen LogP contribution is -2.17. The maximum absolute atomic E-state index is 11.5. The molecule has 1 aliphatic rings. The molecule has 112 valence electrons. The molecule has 5 nitrogen and oxygen atoms in total. The quantitative estimate of drug-likeness (QED) is 0.850. The zero-order chi connectivity index (χ0) is 15.5. The number of thioether (sulfide) groups is 1. The number of nitrogens with zero attached hydrogens (tertiary/aromatic N) is 1. The number of nitrogens with one attached hydrogen (secondary N) is 1. The fraction of sp³-hybridized carbons (Fsp3) is 0.0714. The topological polar surface area (TPSA) is 68.3 Å². The van der Waals surface area contributed by atoms with Crippen LogP contribution in [-0.2, 0) is 11.4 Å². The van der Waals surface area contributed by atoms with Gasteiger partial charge in [0.2, 0.25) is 0 Å². The summed E-state index contributed by atoms with van der Waals surface area (Å²) in [6.45, 7) is 0.400. The Hall–Kier alpha value is -1.83. The minimum Gasteiger partial charge on any atom is -0.488 e. The van der Waals surface area contributed by atoms with Crippen molar-refractivity contribution in [2.75, 3.05) is 0 Å². The first kappa shape index (κ1) is 15.1. The molecule has 1 fully saturated rings. The average molecular weight is 353 g/mol. The standard InChI is InChI=1S/C14H9ClN2O3S2/c15-13-16-6-10(21-13)7-20-9-3-1-8(2-4-9)5-11-12(18)17-14(19)22-11/h1-6H,7H2,(H,17,18,19)/b11-5-. The van der Waals surface area contributed by atoms with Crippen molar-refractivity contribution in [3.63, 3.8) is 0 Å². The number of thiazole rings is 1. The molecule has 0 saturated carbocycles. The monoisotopic (exact) mass is 352 g/mol. The fourth-order valence-corrected chi connectivity index (χ4v) is 3.31. The van der Waals surface area contributed by atoms with E-state index in [1.165, 1.54) is 11.3 Å². The lowest BCUT2D eigenvalue weighted by atomic mass is 10.2. The highest BCUT2D eigenvalue weighted by Gasteiger charge is 2.24. The van der Waals surface area contributed by atoms with Gasteiger partial charge in [0.25, 0.3) is 11.1 Å². The first-order chi connectivity index (χ1) is 10.6. The molecule has 3 rings (SSSR count). The molecule has 1 saturated heterocycles. The van der Waals surface area contributed by atoms with E-state index < -0.39 is 0 Å². The van der Waals surface area contributed by atoms with Gasteiger partial charge in [0.1, 0.15) is 12.4 Å². The van der Waals surface area contributed by atoms with Crippen LogP contribution in [0, 0.1) is 0 Å². The van der Waals surface area contributed by atoms with Crippen LogP contribution in [0.3, 0.4) is 0 Å². The Balaban J connectivity index is 1.64. The SMILES string of the molecule is O=C1NC(=O)/C(=C/c2ccc(OCc3cnc(Cl)s3)cc2)S1. The highest BCUT2D eigenvalue weighted by molar-refractivity contribution is 8.18. The van der Waals surface area contributed by atoms with E-state index in [9.17, 15) is 9.59 Å². The highest BCUT2D eigenvalue weighted by atomic mass is 35.5. The molecule has 2 amide bonds. The highest BCUT2D eigenvalue weighted by Crippen LogP contribution is 2.26. The summed E-state index contributed by atoms with van der Waals surface area (Å²) in [4.78, 5) is 27.8. The summed E-state index contributed by atoms with van der Waals surface area (Å²) in [5, 5.41) is 1.87. The second-order valence-corrected chi connectivity index (χ2v) is 7.00. The van der Waals surface area contributed by atoms with E-state index in [1.54, 1.807) is 24.4 Å². The van der Waals surface area contributed by atoms with E-state index >= 15 is 0 Å². The van der Waals surface area contributed by atoms with Gasteiger partial charge in [-0.25, -0.2) is 4.98 Å². The summed E-state index contributed by atoms with van der Waals surface area (Å²) in [5.74, 6) is 0.337. The summed E-state index contributed by atoms with van der Waals surface area (Å²) in [6.07, 6.45) is 3.34. The Labute approximate surface area is 139 Å². The third-order valence-electron chi connectivity index (χ3n) is 2.73. The van der Waals surface area contributed by atoms with Gasteiger partial charge in [0.05, 0.1) is 9.78 Å². The first-order valence-corrected chi connectivity index (χ1v) is 8.19. The number of hydrogen-bond acceptors (Lipinski definition) is 6. The summed E-state index contributed by atoms with van der Waals surface area (Å²) in [5.41, 5.74) is 0.820. The normalized spacial score (nSPS) is 16.1. The third kappa shape index (κ3) is 3.68. The van der Waals surface area contributed by atoms with Crippen molar-refractivity contribution >= 4 is 51.9 Å². The fourth-order valence-electron chi connectivity index (χ4n) is 1.74. The molecule has 2 aromatic rings. The number of benzene rings is 1. The second-order valence-electron chi connectivity index (χ2n) is 4.29. The van der Waals surface area contributed by atoms with E-state index in [1.807, 2.05) is 12.1 Å². The minimum atomic E-state index is -0.364. The van der Waals surface area contributed by atoms with Gasteiger partial charge >= 0.3 is 0 Å². The van der Waals surface area contributed by atoms with Crippen molar-refractivity contribution < 1.29 is 14.3 Å². The van der Waals surface area contributed by atoms with Crippen molar-refractivity contribution in [1.82, 2.24) is 10.3 Å². The lowest BCUT2D eigenvalue weighted by molar-refractivity contribution is -0.115. The number of carbonyl (C=O) groups excluding carboxylic acids is 2. The van der Waals surface area contributed by atoms with E-state index in [0.717, 1.165) is 22.2 Å². The van der Waals surface area contributed by atoms with Gasteiger partial charge in [-0.05, 0) is 35.5 Å². The van der Waals surface area contributed by atoms with E-state index in [-0.39, 0.29) is 11.1 Å². The molecule has 2 heterocycles. The molecule has 0 unspecified atom stereocenters. The molecule has 0 bridgehead atoms. The lowest BCUT2D eigenvalue weighted by Gasteiger charge is -2.04. The Morgan fingerprint density at radius 2 is 2.05 bits per heavy atom. The van der Waals surface area contributed by atoms with Gasteiger partial charge < -0.3 is 4.74 Å². The predicted octanol–water partition coefficient (Wildman–Crippen LogP) is 3.70. The Morgan fingerprint density at radius 3 is 2.64 bits per heavy atom. The van der Waals surface area contributed by atoms with Crippen LogP contribution in [0.1, 0.15) is 10.4 Å². The number of imide groups is 1. The number of ether oxygens (including phenoxy) is 1. The van der Waals surface area contributed by atoms with Crippen LogP contribution >= 0.6 is 34.7 Å². The van der Waals surface area contributed by atoms with Gasteiger partial charge in [0, 0.05) is 6.20 Å². The van der Waals surface area contributed by atoms with Gasteiger partial charge in [0.15, 0.2) is 4.47 Å². The zero-order valence-corrected chi connectivity index (χ0v) is 13.4. The summed E-state index contributed by atoms with van der Waals surface area (Å²) >= 11 is 8.02. The molecular weight excluding hydrogens is 344 g/mol. The molecule has 1 aliphatic heterocycles. The molecule has 0 radical (unpaired) electrons. The summed E-state index contributed by atoms with van der Waals surface area (Å²) < 4.78 is 6.11. The number of hydrogen-bond donors (Lipinski definition) is 1. The Kier molecular flexibility index (Phi) is 4.47. The molecule has 8 heteroatoms. The van der Waals surface area contributed by atoms with Crippen molar-refractivity contribution in [1.29, 1.82) is 0 Å². The van der Waals surface area contributed by atoms with Gasteiger partial charge in [-0.1, -0.05) is 23.7 Å². The van der Waals surface area contributed by atoms with Crippen molar-refractivity contribution in [3.05, 3.63) is 50.3 Å². The van der Waals surface area contributed by atoms with Gasteiger partial charge in [-0.15, -0.1) is 11.3 Å². The molecular formula is C14H9ClN2O3S2. The molecule has 22 heavy (non-hydrogen) atoms. The molecule has 0 aliphatic carbocycles. The maximum atomic E-state index is 11.5. The smallest absolute Gasteiger partial charge is 0.290 e. The van der Waals surface area contributed by atoms with Crippen LogP contribution in [0.15, 0.2) is 35.4 Å². The molecule has 1 aromatic heterocycles. The van der Waals surface area contributed by atoms with Crippen LogP contribution in [0.2, 0.25) is 4.47 Å². The Morgan fingerprint density at radius 1 is 1.27 bits per heavy atom. The maximum Gasteiger partial charge on any atom is 0.290 e. The van der Waals surface area contributed by atoms with E-state index in [2.05, 4.69) is 10.3 Å². The summed E-state index contributed by atoms with van der Waals surface area (Å²) in [7, 11) is 0. The number of amides is 2. The van der Waals surface area contributed by atoms with Crippen LogP contribution in [0.5, 0.6) is 5.75 Å². The van der Waals surface area contributed by atoms with Crippen molar-refractivity contribution in [2.24, 2.45) is 0 Å². The predicted molar refractivity (Wildman–Crippen MR) is 87.0 cm³/mol. The number of aromatic nitrogens is 1. The van der Waals surface area contributed by atoms with Crippen LogP contribution < -0.4 is 10.1 Å². The molecule has 0 spiro atoms. The van der Waals surface area contributed by atoms with E-state index in [0.29, 0.717) is 21.7 Å². The van der Waals surface area contributed by atoms with Gasteiger partial charge in [-0.3, -0.25) is 14.9 Å². The summed E-state index contributed by atoms with van der Waals surface area (Å²) in [6, 6.07) is 7.24. The number of carbonyl (C=O) groups is 2. The van der Waals surface area contributed by atoms with E-state index in [4.69, 9.17) is 16.3 Å². The van der Waals surface area contributed by atoms with Crippen molar-refractivity contribution in [3.8, 4) is 5.75 Å². The second kappa shape index (κ2) is 6.51. The number of rotatable bonds is 4. The number of halogens is 1. The van der Waals surface area contributed by atoms with Crippen LogP contribution in [0.25, 0.3) is 6.08 Å². The largest absolute Gasteiger partial charge is 0.488 e. The van der Waals surface area contributed by atoms with Gasteiger partial charge in [-0.2, -0.15) is 0 Å². The zero-order valence-electron chi connectivity index (χ0n) is 11.0. The Bertz CT molecular complexity index is 756. The molecule has 0 atom stereocenters. The van der Waals surface area contributed by atoms with Crippen LogP contribution in [0.4, 0.5) is 4.79 Å². The minimum absolute atomic E-state index is 0.348. The average Bonchev–Trinajstić information content (AvgIpc) is 3.04. The van der Waals surface area contributed by atoms with Crippen LogP contribution in [-0.4, -0.2) is 16.1 Å². The third-order valence-corrected chi connectivity index (χ3v) is 4.63. The first-order valence-electron chi connectivity index (χ1n) is 6.18. The molecule has 1 N–H and O–H groups in total. The van der Waals surface area contributed by atoms with Crippen molar-refractivity contribution in [2.45, 2.75) is 6.61 Å². The molecule has 1 aromatic carbocycles.